The Morgan fingerprint density at radius 1 is 1.63 bits per heavy atom. The molecule has 5 nitrogen and oxygen atoms in total. The van der Waals surface area contributed by atoms with Gasteiger partial charge in [-0.3, -0.25) is 0 Å². The summed E-state index contributed by atoms with van der Waals surface area (Å²) in [6.07, 6.45) is 1.07. The van der Waals surface area contributed by atoms with Gasteiger partial charge in [0.15, 0.2) is 0 Å². The molecule has 1 saturated heterocycles. The van der Waals surface area contributed by atoms with Crippen LogP contribution >= 0.6 is 0 Å². The molecule has 0 amide bonds. The molecule has 3 N–H and O–H groups in total. The van der Waals surface area contributed by atoms with E-state index >= 15 is 0 Å². The number of hydrogen-bond donors (Lipinski definition) is 3. The van der Waals surface area contributed by atoms with Crippen LogP contribution in [0.5, 0.6) is 0 Å². The molecule has 19 heavy (non-hydrogen) atoms. The highest BCUT2D eigenvalue weighted by molar-refractivity contribution is 6.52. The van der Waals surface area contributed by atoms with Gasteiger partial charge in [0, 0.05) is 5.69 Å². The Bertz CT molecular complexity index is 402. The molecule has 1 aromatic carbocycles. The number of hydroxylamine groups is 1. The van der Waals surface area contributed by atoms with Crippen molar-refractivity contribution in [2.75, 3.05) is 11.8 Å². The van der Waals surface area contributed by atoms with Gasteiger partial charge >= 0.3 is 14.5 Å². The summed E-state index contributed by atoms with van der Waals surface area (Å²) in [5.74, 6) is 0. The number of nitrogens with one attached hydrogen (secondary N) is 2. The van der Waals surface area contributed by atoms with Crippen molar-refractivity contribution in [1.29, 1.82) is 0 Å². The Morgan fingerprint density at radius 3 is 3.05 bits per heavy atom. The van der Waals surface area contributed by atoms with Crippen LogP contribution in [0.3, 0.4) is 0 Å². The maximum absolute atomic E-state index is 9.33. The molecule has 0 radical (unpaired) electrons. The zero-order valence-electron chi connectivity index (χ0n) is 11.4. The highest BCUT2D eigenvalue weighted by Crippen LogP contribution is 2.20. The Balaban J connectivity index is 1.95. The minimum atomic E-state index is -0.556. The second-order valence-corrected chi connectivity index (χ2v) is 4.75. The average molecular weight is 262 g/mol. The lowest BCUT2D eigenvalue weighted by Gasteiger charge is -2.17. The van der Waals surface area contributed by atoms with Crippen molar-refractivity contribution in [1.82, 2.24) is 5.48 Å². The molecule has 1 aliphatic heterocycles. The number of rotatable bonds is 8. The van der Waals surface area contributed by atoms with E-state index in [1.807, 2.05) is 25.0 Å². The van der Waals surface area contributed by atoms with E-state index in [1.165, 1.54) is 5.56 Å². The Labute approximate surface area is 115 Å². The largest absolute Gasteiger partial charge is 0.433 e. The van der Waals surface area contributed by atoms with E-state index in [0.29, 0.717) is 7.48 Å². The molecule has 0 saturated carbocycles. The highest BCUT2D eigenvalue weighted by atomic mass is 16.6. The summed E-state index contributed by atoms with van der Waals surface area (Å²) in [6.45, 7) is 4.44. The van der Waals surface area contributed by atoms with Crippen molar-refractivity contribution < 1.29 is 14.5 Å². The number of anilines is 1. The zero-order chi connectivity index (χ0) is 13.7. The van der Waals surface area contributed by atoms with Crippen LogP contribution in [0.15, 0.2) is 24.3 Å². The maximum atomic E-state index is 9.33. The van der Waals surface area contributed by atoms with Crippen molar-refractivity contribution in [2.24, 2.45) is 0 Å². The number of hydrogen-bond acceptors (Lipinski definition) is 5. The molecule has 7 heteroatoms. The monoisotopic (exact) mass is 262 g/mol. The number of benzene rings is 1. The Hall–Kier alpha value is -1.01. The molecule has 1 heterocycles. The highest BCUT2D eigenvalue weighted by Gasteiger charge is 2.32. The average Bonchev–Trinajstić information content (AvgIpc) is 3.18. The molecule has 2 atom stereocenters. The fourth-order valence-corrected chi connectivity index (χ4v) is 2.01. The fraction of sp³-hybridized carbons (Fsp3) is 0.500. The van der Waals surface area contributed by atoms with Gasteiger partial charge < -0.3 is 19.7 Å². The van der Waals surface area contributed by atoms with Crippen LogP contribution in [0.1, 0.15) is 5.56 Å². The molecule has 0 aliphatic carbocycles. The third-order valence-corrected chi connectivity index (χ3v) is 2.95. The minimum absolute atomic E-state index is 0.168. The summed E-state index contributed by atoms with van der Waals surface area (Å²) in [7, 11) is 0.0756. The van der Waals surface area contributed by atoms with Gasteiger partial charge in [-0.2, -0.15) is 0 Å². The summed E-state index contributed by atoms with van der Waals surface area (Å²) < 4.78 is 10.6. The normalized spacial score (nSPS) is 18.8. The summed E-state index contributed by atoms with van der Waals surface area (Å²) in [5.41, 5.74) is 5.14. The van der Waals surface area contributed by atoms with Crippen LogP contribution in [0.4, 0.5) is 5.69 Å². The van der Waals surface area contributed by atoms with E-state index in [2.05, 4.69) is 16.8 Å². The van der Waals surface area contributed by atoms with Crippen LogP contribution in [0, 0.1) is 0 Å². The third-order valence-electron chi connectivity index (χ3n) is 2.95. The van der Waals surface area contributed by atoms with E-state index in [4.69, 9.17) is 9.49 Å². The van der Waals surface area contributed by atoms with Gasteiger partial charge in [0.05, 0.1) is 18.8 Å². The van der Waals surface area contributed by atoms with Crippen LogP contribution in [-0.4, -0.2) is 38.3 Å². The molecular formula is C12H20B2N2O3. The number of ether oxygens (including phenoxy) is 1. The number of epoxide rings is 1. The van der Waals surface area contributed by atoms with Gasteiger partial charge in [0.1, 0.15) is 0 Å². The van der Waals surface area contributed by atoms with Crippen molar-refractivity contribution in [3.05, 3.63) is 29.8 Å². The van der Waals surface area contributed by atoms with Crippen LogP contribution in [0.2, 0.25) is 13.6 Å². The second kappa shape index (κ2) is 6.96. The summed E-state index contributed by atoms with van der Waals surface area (Å²) in [4.78, 5) is 0. The predicted molar refractivity (Wildman–Crippen MR) is 78.4 cm³/mol. The first kappa shape index (κ1) is 14.4. The molecule has 0 aromatic heterocycles. The predicted octanol–water partition coefficient (Wildman–Crippen LogP) is 0.439. The zero-order valence-corrected chi connectivity index (χ0v) is 11.4. The summed E-state index contributed by atoms with van der Waals surface area (Å²) in [5, 5.41) is 12.3. The van der Waals surface area contributed by atoms with Gasteiger partial charge in [-0.15, -0.1) is 0 Å². The van der Waals surface area contributed by atoms with E-state index in [1.54, 1.807) is 6.82 Å². The molecule has 102 valence electrons. The summed E-state index contributed by atoms with van der Waals surface area (Å²) >= 11 is 0. The van der Waals surface area contributed by atoms with E-state index in [9.17, 15) is 5.02 Å². The smallest absolute Gasteiger partial charge is 0.406 e. The van der Waals surface area contributed by atoms with Gasteiger partial charge in [-0.1, -0.05) is 19.0 Å². The lowest BCUT2D eigenvalue weighted by Crippen LogP contribution is -2.36. The van der Waals surface area contributed by atoms with E-state index in [-0.39, 0.29) is 12.1 Å². The molecule has 1 aromatic rings. The van der Waals surface area contributed by atoms with Gasteiger partial charge in [-0.05, 0) is 30.9 Å². The molecule has 2 rings (SSSR count). The second-order valence-electron chi connectivity index (χ2n) is 4.75. The van der Waals surface area contributed by atoms with Crippen molar-refractivity contribution in [2.45, 2.75) is 32.2 Å². The minimum Gasteiger partial charge on any atom is -0.433 e. The Kier molecular flexibility index (Phi) is 5.27. The van der Waals surface area contributed by atoms with E-state index in [0.717, 1.165) is 18.7 Å². The topological polar surface area (TPSA) is 66.0 Å². The maximum Gasteiger partial charge on any atom is 0.406 e. The van der Waals surface area contributed by atoms with Crippen molar-refractivity contribution >= 4 is 20.2 Å². The quantitative estimate of drug-likeness (QED) is 0.360. The summed E-state index contributed by atoms with van der Waals surface area (Å²) in [6, 6.07) is 8.19. The van der Waals surface area contributed by atoms with Crippen LogP contribution in [-0.2, 0) is 15.9 Å². The first-order valence-corrected chi connectivity index (χ1v) is 6.71. The van der Waals surface area contributed by atoms with Gasteiger partial charge in [0.2, 0.25) is 0 Å². The van der Waals surface area contributed by atoms with Crippen LogP contribution in [0.25, 0.3) is 0 Å². The standard InChI is InChI=1S/C12H20B2N2O3/c1-13-19-16-11(12-8-18-12)7-9-4-3-5-10(6-9)15-14(2)17/h3-6,11-13,15-17H,7-8H2,1-2H3/t11-,12+/m0/s1. The van der Waals surface area contributed by atoms with E-state index < -0.39 is 7.05 Å². The van der Waals surface area contributed by atoms with Crippen molar-refractivity contribution in [3.8, 4) is 0 Å². The SMILES string of the molecule is CBON[C@@H](Cc1cccc(NB(C)O)c1)[C@H]1CO1. The third kappa shape index (κ3) is 4.87. The first-order chi connectivity index (χ1) is 9.19. The lowest BCUT2D eigenvalue weighted by atomic mass is 9.88. The van der Waals surface area contributed by atoms with Crippen LogP contribution < -0.4 is 10.7 Å². The molecule has 1 aliphatic rings. The van der Waals surface area contributed by atoms with Gasteiger partial charge in [0.25, 0.3) is 0 Å². The first-order valence-electron chi connectivity index (χ1n) is 6.71. The Morgan fingerprint density at radius 2 is 2.42 bits per heavy atom. The van der Waals surface area contributed by atoms with Gasteiger partial charge in [-0.25, -0.2) is 5.48 Å². The van der Waals surface area contributed by atoms with Crippen molar-refractivity contribution in [3.63, 3.8) is 0 Å². The molecular weight excluding hydrogens is 242 g/mol. The fourth-order valence-electron chi connectivity index (χ4n) is 2.01. The molecule has 0 spiro atoms. The molecule has 0 bridgehead atoms. The molecule has 1 fully saturated rings. The molecule has 0 unspecified atom stereocenters. The lowest BCUT2D eigenvalue weighted by molar-refractivity contribution is 0.144.